The number of aryl methyl sites for hydroxylation is 1. The lowest BCUT2D eigenvalue weighted by Gasteiger charge is -2.10. The molecule has 0 radical (unpaired) electrons. The van der Waals surface area contributed by atoms with Crippen LogP contribution in [0.25, 0.3) is 10.9 Å². The average molecular weight is 250 g/mol. The summed E-state index contributed by atoms with van der Waals surface area (Å²) in [6, 6.07) is 17.3. The predicted octanol–water partition coefficient (Wildman–Crippen LogP) is 3.92. The highest BCUT2D eigenvalue weighted by molar-refractivity contribution is 5.94. The van der Waals surface area contributed by atoms with Gasteiger partial charge < -0.3 is 10.5 Å². The predicted molar refractivity (Wildman–Crippen MR) is 77.4 cm³/mol. The van der Waals surface area contributed by atoms with Crippen molar-refractivity contribution in [2.75, 3.05) is 5.73 Å². The van der Waals surface area contributed by atoms with E-state index in [0.29, 0.717) is 5.69 Å². The minimum Gasteiger partial charge on any atom is -0.455 e. The number of anilines is 1. The van der Waals surface area contributed by atoms with Gasteiger partial charge in [-0.1, -0.05) is 18.2 Å². The molecule has 0 amide bonds. The molecule has 2 aromatic carbocycles. The highest BCUT2D eigenvalue weighted by atomic mass is 16.5. The summed E-state index contributed by atoms with van der Waals surface area (Å²) < 4.78 is 5.88. The standard InChI is InChI=1S/C16H14N2O/c1-11-7-8-13-14(17)9-10-15(16(13)18-11)19-12-5-3-2-4-6-12/h2-10H,17H2,1H3. The Morgan fingerprint density at radius 3 is 2.53 bits per heavy atom. The van der Waals surface area contributed by atoms with Crippen molar-refractivity contribution in [3.63, 3.8) is 0 Å². The first-order valence-electron chi connectivity index (χ1n) is 6.13. The molecule has 0 unspecified atom stereocenters. The third-order valence-corrected chi connectivity index (χ3v) is 2.96. The number of nitrogens with zero attached hydrogens (tertiary/aromatic N) is 1. The smallest absolute Gasteiger partial charge is 0.153 e. The van der Waals surface area contributed by atoms with Crippen LogP contribution in [0.5, 0.6) is 11.5 Å². The maximum absolute atomic E-state index is 5.97. The van der Waals surface area contributed by atoms with Crippen LogP contribution in [-0.2, 0) is 0 Å². The van der Waals surface area contributed by atoms with Gasteiger partial charge in [0.1, 0.15) is 11.3 Å². The van der Waals surface area contributed by atoms with Crippen molar-refractivity contribution < 1.29 is 4.74 Å². The highest BCUT2D eigenvalue weighted by Gasteiger charge is 2.08. The van der Waals surface area contributed by atoms with Gasteiger partial charge in [-0.3, -0.25) is 0 Å². The molecule has 0 saturated heterocycles. The van der Waals surface area contributed by atoms with E-state index in [0.717, 1.165) is 28.1 Å². The van der Waals surface area contributed by atoms with Crippen LogP contribution in [0.2, 0.25) is 0 Å². The molecule has 0 aliphatic carbocycles. The SMILES string of the molecule is Cc1ccc2c(N)ccc(Oc3ccccc3)c2n1. The first kappa shape index (κ1) is 11.5. The Morgan fingerprint density at radius 1 is 0.947 bits per heavy atom. The number of nitrogens with two attached hydrogens (primary N) is 1. The van der Waals surface area contributed by atoms with E-state index < -0.39 is 0 Å². The largest absolute Gasteiger partial charge is 0.455 e. The monoisotopic (exact) mass is 250 g/mol. The van der Waals surface area contributed by atoms with E-state index in [9.17, 15) is 0 Å². The molecule has 0 spiro atoms. The molecule has 0 saturated carbocycles. The van der Waals surface area contributed by atoms with Gasteiger partial charge in [0, 0.05) is 16.8 Å². The van der Waals surface area contributed by atoms with Crippen molar-refractivity contribution >= 4 is 16.6 Å². The van der Waals surface area contributed by atoms with Gasteiger partial charge in [0.25, 0.3) is 0 Å². The van der Waals surface area contributed by atoms with Gasteiger partial charge in [0.2, 0.25) is 0 Å². The lowest BCUT2D eigenvalue weighted by atomic mass is 10.1. The zero-order valence-corrected chi connectivity index (χ0v) is 10.6. The van der Waals surface area contributed by atoms with E-state index in [1.807, 2.05) is 61.5 Å². The molecule has 3 heteroatoms. The van der Waals surface area contributed by atoms with Crippen molar-refractivity contribution in [2.24, 2.45) is 0 Å². The first-order chi connectivity index (χ1) is 9.24. The fraction of sp³-hybridized carbons (Fsp3) is 0.0625. The number of hydrogen-bond acceptors (Lipinski definition) is 3. The Bertz CT molecular complexity index is 723. The van der Waals surface area contributed by atoms with Crippen molar-refractivity contribution in [1.82, 2.24) is 4.98 Å². The van der Waals surface area contributed by atoms with Crippen LogP contribution in [0.4, 0.5) is 5.69 Å². The Kier molecular flexibility index (Phi) is 2.80. The number of hydrogen-bond donors (Lipinski definition) is 1. The van der Waals surface area contributed by atoms with Gasteiger partial charge in [-0.2, -0.15) is 0 Å². The number of ether oxygens (including phenoxy) is 1. The minimum atomic E-state index is 0.711. The molecule has 3 nitrogen and oxygen atoms in total. The second-order valence-electron chi connectivity index (χ2n) is 4.42. The normalized spacial score (nSPS) is 10.6. The van der Waals surface area contributed by atoms with Crippen molar-refractivity contribution in [2.45, 2.75) is 6.92 Å². The molecule has 1 heterocycles. The van der Waals surface area contributed by atoms with E-state index in [2.05, 4.69) is 4.98 Å². The lowest BCUT2D eigenvalue weighted by molar-refractivity contribution is 0.487. The minimum absolute atomic E-state index is 0.711. The molecule has 94 valence electrons. The van der Waals surface area contributed by atoms with Crippen molar-refractivity contribution in [3.8, 4) is 11.5 Å². The molecule has 0 atom stereocenters. The zero-order valence-electron chi connectivity index (χ0n) is 10.6. The van der Waals surface area contributed by atoms with Gasteiger partial charge in [-0.05, 0) is 43.3 Å². The van der Waals surface area contributed by atoms with Gasteiger partial charge >= 0.3 is 0 Å². The molecular formula is C16H14N2O. The molecule has 19 heavy (non-hydrogen) atoms. The molecule has 1 aromatic heterocycles. The van der Waals surface area contributed by atoms with Crippen LogP contribution in [0.3, 0.4) is 0 Å². The second kappa shape index (κ2) is 4.61. The zero-order chi connectivity index (χ0) is 13.2. The number of pyridine rings is 1. The summed E-state index contributed by atoms with van der Waals surface area (Å²) in [5.41, 5.74) is 8.42. The van der Waals surface area contributed by atoms with Crippen LogP contribution in [0.15, 0.2) is 54.6 Å². The summed E-state index contributed by atoms with van der Waals surface area (Å²) in [7, 11) is 0. The second-order valence-corrected chi connectivity index (χ2v) is 4.42. The summed E-state index contributed by atoms with van der Waals surface area (Å²) in [6.07, 6.45) is 0. The maximum Gasteiger partial charge on any atom is 0.153 e. The molecule has 2 N–H and O–H groups in total. The number of benzene rings is 2. The number of fused-ring (bicyclic) bond motifs is 1. The molecule has 0 fully saturated rings. The number of rotatable bonds is 2. The van der Waals surface area contributed by atoms with E-state index in [4.69, 9.17) is 10.5 Å². The topological polar surface area (TPSA) is 48.1 Å². The summed E-state index contributed by atoms with van der Waals surface area (Å²) in [5.74, 6) is 1.51. The average Bonchev–Trinajstić information content (AvgIpc) is 2.43. The Balaban J connectivity index is 2.13. The van der Waals surface area contributed by atoms with Crippen LogP contribution in [0, 0.1) is 6.92 Å². The molecule has 0 aliphatic heterocycles. The van der Waals surface area contributed by atoms with Gasteiger partial charge in [0.15, 0.2) is 5.75 Å². The van der Waals surface area contributed by atoms with Crippen LogP contribution < -0.4 is 10.5 Å². The maximum atomic E-state index is 5.97. The summed E-state index contributed by atoms with van der Waals surface area (Å²) in [5, 5.41) is 0.916. The van der Waals surface area contributed by atoms with Gasteiger partial charge in [-0.25, -0.2) is 4.98 Å². The van der Waals surface area contributed by atoms with Crippen LogP contribution in [-0.4, -0.2) is 4.98 Å². The van der Waals surface area contributed by atoms with Crippen LogP contribution >= 0.6 is 0 Å². The van der Waals surface area contributed by atoms with Crippen molar-refractivity contribution in [1.29, 1.82) is 0 Å². The van der Waals surface area contributed by atoms with E-state index in [1.54, 1.807) is 0 Å². The van der Waals surface area contributed by atoms with E-state index >= 15 is 0 Å². The Hall–Kier alpha value is -2.55. The first-order valence-corrected chi connectivity index (χ1v) is 6.13. The summed E-state index contributed by atoms with van der Waals surface area (Å²) in [6.45, 7) is 1.95. The van der Waals surface area contributed by atoms with E-state index in [-0.39, 0.29) is 0 Å². The highest BCUT2D eigenvalue weighted by Crippen LogP contribution is 2.31. The molecule has 3 rings (SSSR count). The molecular weight excluding hydrogens is 236 g/mol. The third kappa shape index (κ3) is 2.22. The molecule has 3 aromatic rings. The van der Waals surface area contributed by atoms with Gasteiger partial charge in [-0.15, -0.1) is 0 Å². The third-order valence-electron chi connectivity index (χ3n) is 2.96. The van der Waals surface area contributed by atoms with Gasteiger partial charge in [0.05, 0.1) is 0 Å². The van der Waals surface area contributed by atoms with Crippen LogP contribution in [0.1, 0.15) is 5.69 Å². The van der Waals surface area contributed by atoms with Crippen molar-refractivity contribution in [3.05, 3.63) is 60.3 Å². The number of aromatic nitrogens is 1. The Morgan fingerprint density at radius 2 is 1.74 bits per heavy atom. The molecule has 0 aliphatic rings. The van der Waals surface area contributed by atoms with E-state index in [1.165, 1.54) is 0 Å². The molecule has 0 bridgehead atoms. The summed E-state index contributed by atoms with van der Waals surface area (Å²) >= 11 is 0. The Labute approximate surface area is 111 Å². The summed E-state index contributed by atoms with van der Waals surface area (Å²) in [4.78, 5) is 4.53. The number of nitrogen functional groups attached to an aromatic ring is 1. The number of para-hydroxylation sites is 1. The fourth-order valence-corrected chi connectivity index (χ4v) is 2.01. The fourth-order valence-electron chi connectivity index (χ4n) is 2.01. The quantitative estimate of drug-likeness (QED) is 0.701. The lowest BCUT2D eigenvalue weighted by Crippen LogP contribution is -1.93.